The Morgan fingerprint density at radius 2 is 1.30 bits per heavy atom. The van der Waals surface area contributed by atoms with E-state index in [0.29, 0.717) is 0 Å². The first-order valence-electron chi connectivity index (χ1n) is 1.33. The van der Waals surface area contributed by atoms with Crippen molar-refractivity contribution in [3.05, 3.63) is 15.3 Å². The number of quaternary nitrogens is 1. The van der Waals surface area contributed by atoms with Gasteiger partial charge in [-0.05, 0) is 0 Å². The first kappa shape index (κ1) is 22.7. The van der Waals surface area contributed by atoms with E-state index in [9.17, 15) is 0 Å². The second-order valence-electron chi connectivity index (χ2n) is 0.626. The molecule has 0 fully saturated rings. The molecule has 0 saturated carbocycles. The molecule has 0 aliphatic carbocycles. The third-order valence-electron chi connectivity index (χ3n) is 0. The Morgan fingerprint density at radius 1 is 1.30 bits per heavy atom. The molecule has 0 atom stereocenters. The summed E-state index contributed by atoms with van der Waals surface area (Å²) in [6.07, 6.45) is 0. The van der Waals surface area contributed by atoms with Crippen molar-refractivity contribution in [1.29, 1.82) is 0 Å². The van der Waals surface area contributed by atoms with E-state index in [-0.39, 0.29) is 35.7 Å². The van der Waals surface area contributed by atoms with Crippen LogP contribution in [-0.2, 0) is 0 Å². The summed E-state index contributed by atoms with van der Waals surface area (Å²) in [4.78, 5) is 17.2. The largest absolute Gasteiger partial charge is 1.00 e. The van der Waals surface area contributed by atoms with Crippen molar-refractivity contribution in [2.45, 2.75) is 0 Å². The van der Waals surface area contributed by atoms with E-state index >= 15 is 0 Å². The molecule has 0 spiro atoms. The third kappa shape index (κ3) is 945. The van der Waals surface area contributed by atoms with E-state index < -0.39 is 11.1 Å². The fraction of sp³-hybridized carbons (Fsp3) is 0. The van der Waals surface area contributed by atoms with Gasteiger partial charge in [-0.1, -0.05) is 0 Å². The zero-order chi connectivity index (χ0) is 7.15. The SMILES string of the molecule is NC(N)=O.O=[N+]([O-])[O-].[NH4+].[Na+]. The van der Waals surface area contributed by atoms with E-state index in [4.69, 9.17) is 20.1 Å². The van der Waals surface area contributed by atoms with Gasteiger partial charge in [0.15, 0.2) is 0 Å². The van der Waals surface area contributed by atoms with E-state index in [0.717, 1.165) is 0 Å². The molecule has 0 saturated heterocycles. The molecular formula is CH8N4NaO4+. The molecule has 56 valence electrons. The summed E-state index contributed by atoms with van der Waals surface area (Å²) >= 11 is 0. The van der Waals surface area contributed by atoms with Gasteiger partial charge in [0.2, 0.25) is 0 Å². The number of rotatable bonds is 0. The van der Waals surface area contributed by atoms with Crippen molar-refractivity contribution >= 4 is 6.03 Å². The quantitative estimate of drug-likeness (QED) is 0.188. The molecule has 0 aliphatic rings. The average Bonchev–Trinajstić information content (AvgIpc) is 1.25. The van der Waals surface area contributed by atoms with Gasteiger partial charge in [0, 0.05) is 0 Å². The Bertz CT molecular complexity index is 75.3. The molecule has 0 rings (SSSR count). The molecule has 9 heteroatoms. The maximum Gasteiger partial charge on any atom is 1.00 e. The Kier molecular flexibility index (Phi) is 35.9. The van der Waals surface area contributed by atoms with Crippen LogP contribution in [-0.4, -0.2) is 11.1 Å². The van der Waals surface area contributed by atoms with Crippen LogP contribution in [0.3, 0.4) is 0 Å². The standard InChI is InChI=1S/CH4N2O.NO3.H3N.Na/c2*2-1(3)4;;/h(H4,2,3,4);;1H3;/q;-1;;+1/p+1. The summed E-state index contributed by atoms with van der Waals surface area (Å²) in [7, 11) is 0. The van der Waals surface area contributed by atoms with Crippen molar-refractivity contribution in [1.82, 2.24) is 6.15 Å². The third-order valence-corrected chi connectivity index (χ3v) is 0. The number of nitrogens with two attached hydrogens (primary N) is 2. The topological polar surface area (TPSA) is 172 Å². The number of carbonyl (C=O) groups excluding carboxylic acids is 1. The summed E-state index contributed by atoms with van der Waals surface area (Å²) in [5.74, 6) is 0. The van der Waals surface area contributed by atoms with Crippen LogP contribution in [0, 0.1) is 15.3 Å². The molecule has 0 heterocycles. The average molecular weight is 163 g/mol. The molecular weight excluding hydrogens is 155 g/mol. The number of primary amides is 2. The first-order chi connectivity index (χ1) is 3.46. The van der Waals surface area contributed by atoms with Gasteiger partial charge in [0.1, 0.15) is 0 Å². The van der Waals surface area contributed by atoms with Crippen molar-refractivity contribution in [3.63, 3.8) is 0 Å². The number of hydrogen-bond donors (Lipinski definition) is 3. The Balaban J connectivity index is -0.0000000300. The number of nitrogens with zero attached hydrogens (tertiary/aromatic N) is 1. The normalized spacial score (nSPS) is 4.80. The van der Waals surface area contributed by atoms with Gasteiger partial charge in [-0.25, -0.2) is 4.79 Å². The van der Waals surface area contributed by atoms with E-state index in [1.807, 2.05) is 0 Å². The van der Waals surface area contributed by atoms with E-state index in [2.05, 4.69) is 11.5 Å². The molecule has 2 amide bonds. The molecule has 10 heavy (non-hydrogen) atoms. The minimum atomic E-state index is -1.75. The molecule has 0 aromatic carbocycles. The predicted molar refractivity (Wildman–Crippen MR) is 30.1 cm³/mol. The molecule has 0 aliphatic heterocycles. The van der Waals surface area contributed by atoms with E-state index in [1.165, 1.54) is 0 Å². The molecule has 0 aromatic heterocycles. The van der Waals surface area contributed by atoms with Crippen molar-refractivity contribution < 1.29 is 39.4 Å². The van der Waals surface area contributed by atoms with Crippen LogP contribution in [0.5, 0.6) is 0 Å². The zero-order valence-electron chi connectivity index (χ0n) is 5.73. The molecule has 0 unspecified atom stereocenters. The van der Waals surface area contributed by atoms with Crippen LogP contribution >= 0.6 is 0 Å². The maximum absolute atomic E-state index is 9.00. The molecule has 0 aromatic rings. The maximum atomic E-state index is 9.00. The smallest absolute Gasteiger partial charge is 0.369 e. The Morgan fingerprint density at radius 3 is 1.30 bits per heavy atom. The second-order valence-corrected chi connectivity index (χ2v) is 0.626. The van der Waals surface area contributed by atoms with Gasteiger partial charge in [0.25, 0.3) is 0 Å². The molecule has 8 nitrogen and oxygen atoms in total. The number of amides is 2. The monoisotopic (exact) mass is 163 g/mol. The van der Waals surface area contributed by atoms with Gasteiger partial charge in [0.05, 0.1) is 5.09 Å². The summed E-state index contributed by atoms with van der Waals surface area (Å²) in [6, 6.07) is -0.833. The number of urea groups is 1. The van der Waals surface area contributed by atoms with E-state index in [1.54, 1.807) is 0 Å². The van der Waals surface area contributed by atoms with Crippen molar-refractivity contribution in [2.75, 3.05) is 0 Å². The number of hydrogen-bond acceptors (Lipinski definition) is 4. The van der Waals surface area contributed by atoms with Crippen LogP contribution in [0.2, 0.25) is 0 Å². The minimum absolute atomic E-state index is 0. The fourth-order valence-corrected chi connectivity index (χ4v) is 0. The fourth-order valence-electron chi connectivity index (χ4n) is 0. The number of carbonyl (C=O) groups is 1. The molecule has 0 radical (unpaired) electrons. The minimum Gasteiger partial charge on any atom is -0.369 e. The predicted octanol–water partition coefficient (Wildman–Crippen LogP) is -3.84. The summed E-state index contributed by atoms with van der Waals surface area (Å²) in [5, 5.41) is 14.8. The summed E-state index contributed by atoms with van der Waals surface area (Å²) < 4.78 is 0. The van der Waals surface area contributed by atoms with Gasteiger partial charge in [-0.15, -0.1) is 0 Å². The van der Waals surface area contributed by atoms with Gasteiger partial charge in [-0.2, -0.15) is 0 Å². The van der Waals surface area contributed by atoms with Crippen LogP contribution in [0.4, 0.5) is 4.79 Å². The molecule has 8 N–H and O–H groups in total. The van der Waals surface area contributed by atoms with Crippen LogP contribution < -0.4 is 47.2 Å². The Labute approximate surface area is 78.5 Å². The van der Waals surface area contributed by atoms with Gasteiger partial charge < -0.3 is 32.9 Å². The first-order valence-corrected chi connectivity index (χ1v) is 1.33. The van der Waals surface area contributed by atoms with Gasteiger partial charge in [-0.3, -0.25) is 0 Å². The van der Waals surface area contributed by atoms with Crippen LogP contribution in [0.1, 0.15) is 0 Å². The Hall–Kier alpha value is -0.570. The van der Waals surface area contributed by atoms with Gasteiger partial charge >= 0.3 is 35.6 Å². The van der Waals surface area contributed by atoms with Crippen LogP contribution in [0.15, 0.2) is 0 Å². The summed E-state index contributed by atoms with van der Waals surface area (Å²) in [6.45, 7) is 0. The molecule has 0 bridgehead atoms. The zero-order valence-corrected chi connectivity index (χ0v) is 7.73. The van der Waals surface area contributed by atoms with Crippen LogP contribution in [0.25, 0.3) is 0 Å². The van der Waals surface area contributed by atoms with Crippen molar-refractivity contribution in [3.8, 4) is 0 Å². The summed E-state index contributed by atoms with van der Waals surface area (Å²) in [5.41, 5.74) is 8.50. The van der Waals surface area contributed by atoms with Crippen molar-refractivity contribution in [2.24, 2.45) is 11.5 Å². The second kappa shape index (κ2) is 15.8.